The Kier molecular flexibility index (Phi) is 3.09. The van der Waals surface area contributed by atoms with Crippen molar-refractivity contribution in [2.24, 2.45) is 12.8 Å². The van der Waals surface area contributed by atoms with Crippen molar-refractivity contribution in [3.63, 3.8) is 0 Å². The molecule has 2 aromatic rings. The number of aliphatic carboxylic acids is 1. The molecule has 1 heterocycles. The lowest BCUT2D eigenvalue weighted by atomic mass is 10.0. The number of halogens is 1. The van der Waals surface area contributed by atoms with E-state index in [-0.39, 0.29) is 6.42 Å². The number of nitrogens with zero attached hydrogens (tertiary/aromatic N) is 1. The molecule has 90 valence electrons. The van der Waals surface area contributed by atoms with Crippen LogP contribution >= 0.6 is 11.6 Å². The molecule has 0 fully saturated rings. The van der Waals surface area contributed by atoms with Gasteiger partial charge in [-0.25, -0.2) is 0 Å². The van der Waals surface area contributed by atoms with Crippen LogP contribution in [0.4, 0.5) is 0 Å². The Hall–Kier alpha value is -1.52. The number of nitrogens with two attached hydrogens (primary N) is 1. The molecule has 0 bridgehead atoms. The van der Waals surface area contributed by atoms with Crippen molar-refractivity contribution >= 4 is 28.5 Å². The summed E-state index contributed by atoms with van der Waals surface area (Å²) in [4.78, 5) is 10.7. The Balaban J connectivity index is 2.42. The number of carboxylic acids is 1. The molecule has 0 aliphatic heterocycles. The highest BCUT2D eigenvalue weighted by Crippen LogP contribution is 2.28. The number of hydrogen-bond acceptors (Lipinski definition) is 2. The largest absolute Gasteiger partial charge is 0.480 e. The first kappa shape index (κ1) is 12.0. The average Bonchev–Trinajstić information content (AvgIpc) is 2.65. The summed E-state index contributed by atoms with van der Waals surface area (Å²) in [5.41, 5.74) is 7.28. The van der Waals surface area contributed by atoms with Crippen LogP contribution in [0.15, 0.2) is 24.4 Å². The zero-order valence-corrected chi connectivity index (χ0v) is 10.1. The first-order valence-corrected chi connectivity index (χ1v) is 5.59. The van der Waals surface area contributed by atoms with Crippen LogP contribution in [0, 0.1) is 0 Å². The number of carbonyl (C=O) groups is 1. The van der Waals surface area contributed by atoms with Crippen molar-refractivity contribution in [1.82, 2.24) is 4.57 Å². The van der Waals surface area contributed by atoms with Crippen LogP contribution in [0.25, 0.3) is 10.9 Å². The normalized spacial score (nSPS) is 12.9. The maximum Gasteiger partial charge on any atom is 0.320 e. The molecular weight excluding hydrogens is 240 g/mol. The third kappa shape index (κ3) is 2.14. The number of rotatable bonds is 3. The van der Waals surface area contributed by atoms with Crippen molar-refractivity contribution in [1.29, 1.82) is 0 Å². The lowest BCUT2D eigenvalue weighted by Gasteiger charge is -2.09. The molecule has 1 atom stereocenters. The minimum atomic E-state index is -1.02. The summed E-state index contributed by atoms with van der Waals surface area (Å²) in [6, 6.07) is 4.74. The maximum absolute atomic E-state index is 10.7. The molecular formula is C12H13ClN2O2. The summed E-state index contributed by atoms with van der Waals surface area (Å²) >= 11 is 6.24. The molecule has 5 heteroatoms. The highest BCUT2D eigenvalue weighted by atomic mass is 35.5. The highest BCUT2D eigenvalue weighted by molar-refractivity contribution is 6.36. The van der Waals surface area contributed by atoms with E-state index in [4.69, 9.17) is 22.4 Å². The smallest absolute Gasteiger partial charge is 0.320 e. The van der Waals surface area contributed by atoms with E-state index in [1.165, 1.54) is 0 Å². The molecule has 3 N–H and O–H groups in total. The van der Waals surface area contributed by atoms with Crippen LogP contribution in [-0.4, -0.2) is 21.7 Å². The quantitative estimate of drug-likeness (QED) is 0.875. The molecule has 0 saturated heterocycles. The van der Waals surface area contributed by atoms with E-state index in [9.17, 15) is 4.79 Å². The molecule has 0 radical (unpaired) electrons. The number of aromatic nitrogens is 1. The van der Waals surface area contributed by atoms with Crippen molar-refractivity contribution in [3.8, 4) is 0 Å². The van der Waals surface area contributed by atoms with Gasteiger partial charge in [0.25, 0.3) is 0 Å². The van der Waals surface area contributed by atoms with E-state index in [1.807, 2.05) is 36.0 Å². The van der Waals surface area contributed by atoms with Gasteiger partial charge in [0.15, 0.2) is 0 Å². The predicted octanol–water partition coefficient (Wildman–Crippen LogP) is 1.79. The van der Waals surface area contributed by atoms with Crippen LogP contribution < -0.4 is 5.73 Å². The zero-order valence-electron chi connectivity index (χ0n) is 9.35. The van der Waals surface area contributed by atoms with Gasteiger partial charge < -0.3 is 15.4 Å². The molecule has 0 aliphatic rings. The predicted molar refractivity (Wildman–Crippen MR) is 67.2 cm³/mol. The topological polar surface area (TPSA) is 68.2 Å². The van der Waals surface area contributed by atoms with E-state index >= 15 is 0 Å². The van der Waals surface area contributed by atoms with E-state index in [2.05, 4.69) is 0 Å². The number of benzene rings is 1. The van der Waals surface area contributed by atoms with Crippen LogP contribution in [0.5, 0.6) is 0 Å². The summed E-state index contributed by atoms with van der Waals surface area (Å²) in [6.45, 7) is 0. The summed E-state index contributed by atoms with van der Waals surface area (Å²) in [6.07, 6.45) is 2.15. The van der Waals surface area contributed by atoms with E-state index in [0.29, 0.717) is 5.02 Å². The first-order valence-electron chi connectivity index (χ1n) is 5.21. The second kappa shape index (κ2) is 4.39. The van der Waals surface area contributed by atoms with Crippen LogP contribution in [0.1, 0.15) is 5.56 Å². The monoisotopic (exact) mass is 252 g/mol. The molecule has 1 unspecified atom stereocenters. The third-order valence-electron chi connectivity index (χ3n) is 2.84. The average molecular weight is 253 g/mol. The van der Waals surface area contributed by atoms with Crippen molar-refractivity contribution < 1.29 is 9.90 Å². The van der Waals surface area contributed by atoms with Gasteiger partial charge in [-0.3, -0.25) is 4.79 Å². The molecule has 0 saturated carbocycles. The lowest BCUT2D eigenvalue weighted by molar-refractivity contribution is -0.138. The molecule has 1 aromatic heterocycles. The maximum atomic E-state index is 10.7. The van der Waals surface area contributed by atoms with E-state index in [1.54, 1.807) is 0 Å². The molecule has 4 nitrogen and oxygen atoms in total. The Bertz CT molecular complexity index is 577. The fraction of sp³-hybridized carbons (Fsp3) is 0.250. The third-order valence-corrected chi connectivity index (χ3v) is 3.28. The second-order valence-electron chi connectivity index (χ2n) is 4.05. The van der Waals surface area contributed by atoms with Gasteiger partial charge in [0.2, 0.25) is 0 Å². The van der Waals surface area contributed by atoms with Gasteiger partial charge in [0, 0.05) is 24.1 Å². The van der Waals surface area contributed by atoms with Crippen LogP contribution in [-0.2, 0) is 18.3 Å². The lowest BCUT2D eigenvalue weighted by Crippen LogP contribution is -2.32. The van der Waals surface area contributed by atoms with E-state index < -0.39 is 12.0 Å². The van der Waals surface area contributed by atoms with E-state index in [0.717, 1.165) is 16.5 Å². The number of carboxylic acid groups (broad SMARTS) is 1. The number of hydrogen-bond donors (Lipinski definition) is 2. The second-order valence-corrected chi connectivity index (χ2v) is 4.42. The molecule has 1 aromatic carbocycles. The van der Waals surface area contributed by atoms with Gasteiger partial charge in [0.1, 0.15) is 6.04 Å². The molecule has 0 spiro atoms. The van der Waals surface area contributed by atoms with Crippen molar-refractivity contribution in [2.75, 3.05) is 0 Å². The minimum absolute atomic E-state index is 0.235. The van der Waals surface area contributed by atoms with Crippen LogP contribution in [0.3, 0.4) is 0 Å². The SMILES string of the molecule is Cn1ccc2c(Cl)c(CC(N)C(=O)O)ccc21. The summed E-state index contributed by atoms with van der Waals surface area (Å²) < 4.78 is 1.96. The fourth-order valence-electron chi connectivity index (χ4n) is 1.84. The number of aryl methyl sites for hydroxylation is 1. The van der Waals surface area contributed by atoms with Gasteiger partial charge in [0.05, 0.1) is 5.02 Å². The standard InChI is InChI=1S/C12H13ClN2O2/c1-15-5-4-8-10(15)3-2-7(11(8)13)6-9(14)12(16)17/h2-5,9H,6,14H2,1H3,(H,16,17). The Morgan fingerprint density at radius 2 is 2.24 bits per heavy atom. The van der Waals surface area contributed by atoms with Gasteiger partial charge in [-0.1, -0.05) is 17.7 Å². The van der Waals surface area contributed by atoms with Gasteiger partial charge in [-0.2, -0.15) is 0 Å². The summed E-state index contributed by atoms with van der Waals surface area (Å²) in [5.74, 6) is -1.02. The molecule has 2 rings (SSSR count). The Morgan fingerprint density at radius 1 is 1.53 bits per heavy atom. The van der Waals surface area contributed by atoms with Crippen molar-refractivity contribution in [3.05, 3.63) is 35.0 Å². The summed E-state index contributed by atoms with van der Waals surface area (Å²) in [7, 11) is 1.93. The van der Waals surface area contributed by atoms with Gasteiger partial charge in [-0.15, -0.1) is 0 Å². The molecule has 0 amide bonds. The van der Waals surface area contributed by atoms with Crippen molar-refractivity contribution in [2.45, 2.75) is 12.5 Å². The molecule has 0 aliphatic carbocycles. The highest BCUT2D eigenvalue weighted by Gasteiger charge is 2.15. The Labute approximate surface area is 104 Å². The van der Waals surface area contributed by atoms with Crippen LogP contribution in [0.2, 0.25) is 5.02 Å². The zero-order chi connectivity index (χ0) is 12.6. The summed E-state index contributed by atoms with van der Waals surface area (Å²) in [5, 5.41) is 10.3. The fourth-order valence-corrected chi connectivity index (χ4v) is 2.14. The number of fused-ring (bicyclic) bond motifs is 1. The minimum Gasteiger partial charge on any atom is -0.480 e. The molecule has 17 heavy (non-hydrogen) atoms. The van der Waals surface area contributed by atoms with Gasteiger partial charge >= 0.3 is 5.97 Å². The first-order chi connectivity index (χ1) is 8.00. The van der Waals surface area contributed by atoms with Gasteiger partial charge in [-0.05, 0) is 24.1 Å². The Morgan fingerprint density at radius 3 is 2.88 bits per heavy atom.